The largest absolute Gasteiger partial charge is 0.309 e. The maximum atomic E-state index is 4.67. The third-order valence-electron chi connectivity index (χ3n) is 9.37. The van der Waals surface area contributed by atoms with Gasteiger partial charge in [-0.1, -0.05) is 103 Å². The van der Waals surface area contributed by atoms with Gasteiger partial charge in [0.05, 0.1) is 16.6 Å². The zero-order valence-electron chi connectivity index (χ0n) is 23.3. The lowest BCUT2D eigenvalue weighted by Gasteiger charge is -2.16. The second-order valence-electron chi connectivity index (χ2n) is 11.5. The monoisotopic (exact) mass is 544 g/mol. The van der Waals surface area contributed by atoms with E-state index in [9.17, 15) is 0 Å². The van der Waals surface area contributed by atoms with Crippen LogP contribution in [0.4, 0.5) is 0 Å². The average molecular weight is 545 g/mol. The van der Waals surface area contributed by atoms with Crippen LogP contribution in [0, 0.1) is 0 Å². The van der Waals surface area contributed by atoms with Crippen molar-refractivity contribution in [2.24, 2.45) is 0 Å². The molecule has 0 aliphatic heterocycles. The van der Waals surface area contributed by atoms with Crippen molar-refractivity contribution in [2.75, 3.05) is 0 Å². The molecule has 43 heavy (non-hydrogen) atoms. The molecule has 2 nitrogen and oxygen atoms in total. The molecule has 2 heteroatoms. The lowest BCUT2D eigenvalue weighted by Crippen LogP contribution is -1.95. The van der Waals surface area contributed by atoms with Gasteiger partial charge in [-0.05, 0) is 91.3 Å². The van der Waals surface area contributed by atoms with E-state index in [1.165, 1.54) is 82.1 Å². The van der Waals surface area contributed by atoms with Gasteiger partial charge in [-0.15, -0.1) is 0 Å². The van der Waals surface area contributed by atoms with Gasteiger partial charge in [0.1, 0.15) is 0 Å². The van der Waals surface area contributed by atoms with Gasteiger partial charge in [-0.3, -0.25) is 4.98 Å². The average Bonchev–Trinajstić information content (AvgIpc) is 3.60. The van der Waals surface area contributed by atoms with E-state index in [1.54, 1.807) is 0 Å². The normalized spacial score (nSPS) is 12.2. The fraction of sp³-hybridized carbons (Fsp3) is 0. The summed E-state index contributed by atoms with van der Waals surface area (Å²) in [5, 5.41) is 8.95. The Bertz CT molecular complexity index is 2600. The Morgan fingerprint density at radius 2 is 1.09 bits per heavy atom. The van der Waals surface area contributed by atoms with Crippen molar-refractivity contribution in [1.82, 2.24) is 9.55 Å². The van der Waals surface area contributed by atoms with Gasteiger partial charge in [-0.2, -0.15) is 0 Å². The highest BCUT2D eigenvalue weighted by molar-refractivity contribution is 6.29. The quantitative estimate of drug-likeness (QED) is 0.198. The molecular formula is C41H24N2. The van der Waals surface area contributed by atoms with Crippen molar-refractivity contribution in [1.29, 1.82) is 0 Å². The molecule has 0 saturated carbocycles. The minimum Gasteiger partial charge on any atom is -0.309 e. The molecule has 0 fully saturated rings. The summed E-state index contributed by atoms with van der Waals surface area (Å²) in [4.78, 5) is 4.67. The van der Waals surface area contributed by atoms with Crippen LogP contribution in [0.1, 0.15) is 0 Å². The fourth-order valence-corrected chi connectivity index (χ4v) is 7.64. The standard InChI is InChI=1S/C41H24N2/c1-2-11-29-27(9-1)30-14-7-15-35-38(31-12-3-4-13-32(31)39(29)40(30)35)25-18-20-26(21-19-25)43-37-17-6-5-10-28(37)33-22-23-36-34(41(33)43)16-8-24-42-36/h1-24H. The smallest absolute Gasteiger partial charge is 0.0723 e. The summed E-state index contributed by atoms with van der Waals surface area (Å²) >= 11 is 0. The molecule has 198 valence electrons. The molecule has 0 radical (unpaired) electrons. The highest BCUT2D eigenvalue weighted by Crippen LogP contribution is 2.53. The zero-order chi connectivity index (χ0) is 28.1. The number of rotatable bonds is 2. The third kappa shape index (κ3) is 2.99. The van der Waals surface area contributed by atoms with Crippen molar-refractivity contribution in [2.45, 2.75) is 0 Å². The summed E-state index contributed by atoms with van der Waals surface area (Å²) in [5.74, 6) is 0. The fourth-order valence-electron chi connectivity index (χ4n) is 7.64. The van der Waals surface area contributed by atoms with Crippen LogP contribution in [-0.2, 0) is 0 Å². The molecule has 10 rings (SSSR count). The summed E-state index contributed by atoms with van der Waals surface area (Å²) in [6.45, 7) is 0. The predicted molar refractivity (Wildman–Crippen MR) is 181 cm³/mol. The maximum Gasteiger partial charge on any atom is 0.0723 e. The van der Waals surface area contributed by atoms with Gasteiger partial charge >= 0.3 is 0 Å². The van der Waals surface area contributed by atoms with E-state index < -0.39 is 0 Å². The van der Waals surface area contributed by atoms with Crippen LogP contribution >= 0.6 is 0 Å². The first-order valence-electron chi connectivity index (χ1n) is 14.8. The molecular weight excluding hydrogens is 520 g/mol. The number of hydrogen-bond donors (Lipinski definition) is 0. The molecule has 0 amide bonds. The first-order valence-corrected chi connectivity index (χ1v) is 14.8. The molecule has 0 unspecified atom stereocenters. The SMILES string of the molecule is c1ccc2c(c1)-c1cccc3c(-c4ccc(-n5c6ccccc6c6ccc7ncccc7c65)cc4)c4ccccc4c-2c13. The van der Waals surface area contributed by atoms with E-state index in [-0.39, 0.29) is 0 Å². The Hall–Kier alpha value is -5.73. The van der Waals surface area contributed by atoms with Crippen molar-refractivity contribution in [3.05, 3.63) is 146 Å². The molecule has 0 atom stereocenters. The number of fused-ring (bicyclic) bond motifs is 10. The summed E-state index contributed by atoms with van der Waals surface area (Å²) in [7, 11) is 0. The second kappa shape index (κ2) is 8.40. The molecule has 1 aliphatic rings. The Labute approximate surface area is 248 Å². The van der Waals surface area contributed by atoms with Crippen LogP contribution in [0.15, 0.2) is 146 Å². The van der Waals surface area contributed by atoms with E-state index in [0.29, 0.717) is 0 Å². The number of aromatic nitrogens is 2. The minimum absolute atomic E-state index is 1.01. The van der Waals surface area contributed by atoms with Crippen LogP contribution in [0.3, 0.4) is 0 Å². The van der Waals surface area contributed by atoms with E-state index in [0.717, 1.165) is 11.2 Å². The predicted octanol–water partition coefficient (Wildman–Crippen LogP) is 11.0. The number of benzene rings is 7. The topological polar surface area (TPSA) is 17.8 Å². The minimum atomic E-state index is 1.01. The molecule has 0 bridgehead atoms. The lowest BCUT2D eigenvalue weighted by atomic mass is 9.88. The summed E-state index contributed by atoms with van der Waals surface area (Å²) in [6.07, 6.45) is 1.87. The van der Waals surface area contributed by atoms with Gasteiger partial charge in [0, 0.05) is 28.0 Å². The Morgan fingerprint density at radius 1 is 0.419 bits per heavy atom. The Kier molecular flexibility index (Phi) is 4.48. The molecule has 0 N–H and O–H groups in total. The first kappa shape index (κ1) is 22.9. The zero-order valence-corrected chi connectivity index (χ0v) is 23.3. The van der Waals surface area contributed by atoms with Crippen molar-refractivity contribution >= 4 is 54.3 Å². The maximum absolute atomic E-state index is 4.67. The number of para-hydroxylation sites is 1. The third-order valence-corrected chi connectivity index (χ3v) is 9.37. The molecule has 2 aromatic heterocycles. The molecule has 2 heterocycles. The van der Waals surface area contributed by atoms with E-state index in [4.69, 9.17) is 0 Å². The molecule has 1 aliphatic carbocycles. The van der Waals surface area contributed by atoms with Crippen molar-refractivity contribution in [3.63, 3.8) is 0 Å². The molecule has 7 aromatic carbocycles. The highest BCUT2D eigenvalue weighted by Gasteiger charge is 2.26. The first-order chi connectivity index (χ1) is 21.4. The number of nitrogens with zero attached hydrogens (tertiary/aromatic N) is 2. The van der Waals surface area contributed by atoms with Crippen LogP contribution in [0.5, 0.6) is 0 Å². The number of pyridine rings is 1. The second-order valence-corrected chi connectivity index (χ2v) is 11.5. The van der Waals surface area contributed by atoms with E-state index >= 15 is 0 Å². The van der Waals surface area contributed by atoms with Crippen LogP contribution in [-0.4, -0.2) is 9.55 Å². The summed E-state index contributed by atoms with van der Waals surface area (Å²) < 4.78 is 2.40. The van der Waals surface area contributed by atoms with Crippen LogP contribution in [0.25, 0.3) is 93.3 Å². The van der Waals surface area contributed by atoms with Crippen molar-refractivity contribution < 1.29 is 0 Å². The van der Waals surface area contributed by atoms with Gasteiger partial charge in [0.15, 0.2) is 0 Å². The Morgan fingerprint density at radius 3 is 1.95 bits per heavy atom. The summed E-state index contributed by atoms with van der Waals surface area (Å²) in [6, 6.07) is 51.0. The van der Waals surface area contributed by atoms with Gasteiger partial charge < -0.3 is 4.57 Å². The van der Waals surface area contributed by atoms with E-state index in [2.05, 4.69) is 143 Å². The van der Waals surface area contributed by atoms with Crippen LogP contribution < -0.4 is 0 Å². The van der Waals surface area contributed by atoms with Gasteiger partial charge in [0.2, 0.25) is 0 Å². The van der Waals surface area contributed by atoms with Crippen LogP contribution in [0.2, 0.25) is 0 Å². The lowest BCUT2D eigenvalue weighted by molar-refractivity contribution is 1.19. The van der Waals surface area contributed by atoms with Gasteiger partial charge in [0.25, 0.3) is 0 Å². The number of hydrogen-bond acceptors (Lipinski definition) is 1. The Balaban J connectivity index is 1.25. The molecule has 9 aromatic rings. The summed E-state index contributed by atoms with van der Waals surface area (Å²) in [5.41, 5.74) is 12.4. The van der Waals surface area contributed by atoms with Crippen molar-refractivity contribution in [3.8, 4) is 39.1 Å². The molecule has 0 saturated heterocycles. The van der Waals surface area contributed by atoms with E-state index in [1.807, 2.05) is 12.3 Å². The highest BCUT2D eigenvalue weighted by atomic mass is 15.0. The van der Waals surface area contributed by atoms with Gasteiger partial charge in [-0.25, -0.2) is 0 Å². The molecule has 0 spiro atoms.